The zero-order valence-electron chi connectivity index (χ0n) is 17.8. The summed E-state index contributed by atoms with van der Waals surface area (Å²) in [5, 5.41) is 23.7. The molecule has 1 fully saturated rings. The Morgan fingerprint density at radius 1 is 1.34 bits per heavy atom. The van der Waals surface area contributed by atoms with Crippen LogP contribution in [0.2, 0.25) is 0 Å². The van der Waals surface area contributed by atoms with Crippen LogP contribution in [0, 0.1) is 0 Å². The quantitative estimate of drug-likeness (QED) is 0.202. The number of nitrogens with one attached hydrogen (secondary N) is 3. The van der Waals surface area contributed by atoms with E-state index in [4.69, 9.17) is 10.8 Å². The highest BCUT2D eigenvalue weighted by atomic mass is 32.2. The third kappa shape index (κ3) is 6.93. The Balaban J connectivity index is 2.14. The van der Waals surface area contributed by atoms with E-state index in [1.807, 2.05) is 6.26 Å². The molecule has 4 unspecified atom stereocenters. The number of aliphatic carboxylic acids is 1. The van der Waals surface area contributed by atoms with Gasteiger partial charge in [-0.15, -0.1) is 0 Å². The first-order chi connectivity index (χ1) is 15.3. The Kier molecular flexibility index (Phi) is 9.94. The average Bonchev–Trinajstić information content (AvgIpc) is 3.46. The lowest BCUT2D eigenvalue weighted by atomic mass is 10.1. The fourth-order valence-corrected chi connectivity index (χ4v) is 3.92. The van der Waals surface area contributed by atoms with Gasteiger partial charge in [-0.2, -0.15) is 11.8 Å². The number of carboxylic acids is 1. The number of carboxylic acid groups (broad SMARTS) is 1. The predicted molar refractivity (Wildman–Crippen MR) is 117 cm³/mol. The molecule has 1 aliphatic rings. The van der Waals surface area contributed by atoms with Gasteiger partial charge in [0.15, 0.2) is 0 Å². The van der Waals surface area contributed by atoms with Crippen LogP contribution in [0.3, 0.4) is 0 Å². The number of amides is 3. The topological polar surface area (TPSA) is 191 Å². The Morgan fingerprint density at radius 2 is 2.09 bits per heavy atom. The zero-order chi connectivity index (χ0) is 23.7. The fraction of sp³-hybridized carbons (Fsp3) is 0.632. The standard InChI is InChI=1S/C19H30N6O6S/c1-32-6-4-13(19(30)31)23-16(27)14(7-11-8-21-10-22-11)24-17(28)15-3-2-5-25(15)18(29)12(20)9-26/h8,10,12-15,26H,2-7,9,20H2,1H3,(H,21,22)(H,23,27)(H,24,28)(H,30,31). The monoisotopic (exact) mass is 470 g/mol. The molecule has 7 N–H and O–H groups in total. The number of aliphatic hydroxyl groups is 1. The molecular formula is C19H30N6O6S. The smallest absolute Gasteiger partial charge is 0.326 e. The number of thioether (sulfide) groups is 1. The van der Waals surface area contributed by atoms with Gasteiger partial charge in [0, 0.05) is 24.9 Å². The van der Waals surface area contributed by atoms with Gasteiger partial charge in [0.2, 0.25) is 17.7 Å². The Morgan fingerprint density at radius 3 is 2.69 bits per heavy atom. The highest BCUT2D eigenvalue weighted by Crippen LogP contribution is 2.19. The van der Waals surface area contributed by atoms with Gasteiger partial charge in [-0.1, -0.05) is 0 Å². The Hall–Kier alpha value is -2.64. The van der Waals surface area contributed by atoms with Crippen molar-refractivity contribution >= 4 is 35.5 Å². The third-order valence-electron chi connectivity index (χ3n) is 5.19. The molecule has 178 valence electrons. The first-order valence-corrected chi connectivity index (χ1v) is 11.6. The van der Waals surface area contributed by atoms with Crippen LogP contribution in [0.1, 0.15) is 25.0 Å². The van der Waals surface area contributed by atoms with Crippen molar-refractivity contribution in [1.29, 1.82) is 0 Å². The molecule has 0 spiro atoms. The number of nitrogens with zero attached hydrogens (tertiary/aromatic N) is 2. The lowest BCUT2D eigenvalue weighted by molar-refractivity contribution is -0.143. The highest BCUT2D eigenvalue weighted by Gasteiger charge is 2.37. The van der Waals surface area contributed by atoms with Gasteiger partial charge in [-0.25, -0.2) is 9.78 Å². The SMILES string of the molecule is CSCCC(NC(=O)C(Cc1cnc[nH]1)NC(=O)C1CCCN1C(=O)C(N)CO)C(=O)O. The summed E-state index contributed by atoms with van der Waals surface area (Å²) in [5.41, 5.74) is 6.19. The normalized spacial score (nSPS) is 18.6. The molecule has 0 aliphatic carbocycles. The van der Waals surface area contributed by atoms with Crippen LogP contribution in [-0.2, 0) is 25.6 Å². The average molecular weight is 471 g/mol. The minimum absolute atomic E-state index is 0.0588. The van der Waals surface area contributed by atoms with Crippen LogP contribution >= 0.6 is 11.8 Å². The van der Waals surface area contributed by atoms with E-state index in [0.29, 0.717) is 30.8 Å². The molecule has 4 atom stereocenters. The number of carbonyl (C=O) groups is 4. The van der Waals surface area contributed by atoms with E-state index >= 15 is 0 Å². The van der Waals surface area contributed by atoms with Crippen LogP contribution in [0.25, 0.3) is 0 Å². The number of imidazole rings is 1. The van der Waals surface area contributed by atoms with E-state index in [2.05, 4.69) is 20.6 Å². The third-order valence-corrected chi connectivity index (χ3v) is 5.83. The van der Waals surface area contributed by atoms with Crippen LogP contribution in [0.4, 0.5) is 0 Å². The van der Waals surface area contributed by atoms with E-state index in [-0.39, 0.29) is 12.8 Å². The van der Waals surface area contributed by atoms with E-state index in [1.54, 1.807) is 0 Å². The van der Waals surface area contributed by atoms with Crippen LogP contribution in [0.5, 0.6) is 0 Å². The number of hydrogen-bond donors (Lipinski definition) is 6. The Labute approximate surface area is 189 Å². The number of likely N-dealkylation sites (tertiary alicyclic amines) is 1. The maximum absolute atomic E-state index is 13.0. The predicted octanol–water partition coefficient (Wildman–Crippen LogP) is -1.93. The molecule has 0 bridgehead atoms. The van der Waals surface area contributed by atoms with Gasteiger partial charge in [0.05, 0.1) is 12.9 Å². The second kappa shape index (κ2) is 12.4. The number of aromatic amines is 1. The van der Waals surface area contributed by atoms with Gasteiger partial charge in [0.25, 0.3) is 0 Å². The maximum atomic E-state index is 13.0. The summed E-state index contributed by atoms with van der Waals surface area (Å²) in [7, 11) is 0. The summed E-state index contributed by atoms with van der Waals surface area (Å²) in [4.78, 5) is 57.8. The summed E-state index contributed by atoms with van der Waals surface area (Å²) in [6.45, 7) is -0.223. The number of H-pyrrole nitrogens is 1. The van der Waals surface area contributed by atoms with Crippen molar-refractivity contribution in [2.45, 2.75) is 49.9 Å². The lowest BCUT2D eigenvalue weighted by Gasteiger charge is -2.28. The van der Waals surface area contributed by atoms with E-state index < -0.39 is 54.5 Å². The molecule has 1 aromatic heterocycles. The first kappa shape index (κ1) is 25.6. The fourth-order valence-electron chi connectivity index (χ4n) is 3.45. The van der Waals surface area contributed by atoms with Crippen molar-refractivity contribution in [1.82, 2.24) is 25.5 Å². The van der Waals surface area contributed by atoms with Crippen molar-refractivity contribution in [3.05, 3.63) is 18.2 Å². The summed E-state index contributed by atoms with van der Waals surface area (Å²) < 4.78 is 0. The molecule has 1 saturated heterocycles. The van der Waals surface area contributed by atoms with Crippen molar-refractivity contribution in [2.24, 2.45) is 5.73 Å². The van der Waals surface area contributed by atoms with Gasteiger partial charge in [-0.05, 0) is 31.3 Å². The van der Waals surface area contributed by atoms with Crippen molar-refractivity contribution in [3.63, 3.8) is 0 Å². The molecule has 0 saturated carbocycles. The second-order valence-corrected chi connectivity index (χ2v) is 8.49. The number of aromatic nitrogens is 2. The summed E-state index contributed by atoms with van der Waals surface area (Å²) in [6, 6.07) is -4.13. The first-order valence-electron chi connectivity index (χ1n) is 10.2. The van der Waals surface area contributed by atoms with Crippen LogP contribution in [0.15, 0.2) is 12.5 Å². The minimum atomic E-state index is -1.16. The highest BCUT2D eigenvalue weighted by molar-refractivity contribution is 7.98. The summed E-state index contributed by atoms with van der Waals surface area (Å²) >= 11 is 1.46. The second-order valence-electron chi connectivity index (χ2n) is 7.50. The molecule has 3 amide bonds. The molecule has 12 nitrogen and oxygen atoms in total. The molecule has 0 aromatic carbocycles. The summed E-state index contributed by atoms with van der Waals surface area (Å²) in [5.74, 6) is -2.35. The molecule has 2 rings (SSSR count). The molecule has 1 aromatic rings. The van der Waals surface area contributed by atoms with Crippen molar-refractivity contribution in [2.75, 3.05) is 25.2 Å². The number of carbonyl (C=O) groups excluding carboxylic acids is 3. The van der Waals surface area contributed by atoms with Crippen molar-refractivity contribution < 1.29 is 29.4 Å². The largest absolute Gasteiger partial charge is 0.480 e. The molecule has 2 heterocycles. The van der Waals surface area contributed by atoms with Gasteiger partial charge < -0.3 is 36.5 Å². The minimum Gasteiger partial charge on any atom is -0.480 e. The van der Waals surface area contributed by atoms with Gasteiger partial charge in [0.1, 0.15) is 24.2 Å². The van der Waals surface area contributed by atoms with E-state index in [9.17, 15) is 24.3 Å². The lowest BCUT2D eigenvalue weighted by Crippen LogP contribution is -2.57. The number of nitrogens with two attached hydrogens (primary N) is 1. The molecule has 32 heavy (non-hydrogen) atoms. The van der Waals surface area contributed by atoms with E-state index in [1.165, 1.54) is 29.2 Å². The molecule has 0 radical (unpaired) electrons. The zero-order valence-corrected chi connectivity index (χ0v) is 18.6. The molecule has 1 aliphatic heterocycles. The molecular weight excluding hydrogens is 440 g/mol. The molecule has 13 heteroatoms. The maximum Gasteiger partial charge on any atom is 0.326 e. The van der Waals surface area contributed by atoms with Crippen LogP contribution < -0.4 is 16.4 Å². The van der Waals surface area contributed by atoms with E-state index in [0.717, 1.165) is 0 Å². The van der Waals surface area contributed by atoms with Gasteiger partial charge in [-0.3, -0.25) is 14.4 Å². The van der Waals surface area contributed by atoms with Crippen molar-refractivity contribution in [3.8, 4) is 0 Å². The van der Waals surface area contributed by atoms with Gasteiger partial charge >= 0.3 is 5.97 Å². The number of rotatable bonds is 12. The number of hydrogen-bond acceptors (Lipinski definition) is 8. The Bertz CT molecular complexity index is 791. The van der Waals surface area contributed by atoms with Crippen LogP contribution in [-0.4, -0.2) is 98.1 Å². The summed E-state index contributed by atoms with van der Waals surface area (Å²) in [6.07, 6.45) is 6.02. The number of aliphatic hydroxyl groups excluding tert-OH is 1.